The molecule has 0 aliphatic heterocycles. The van der Waals surface area contributed by atoms with Gasteiger partial charge in [0, 0.05) is 53.5 Å². The molecule has 5 aromatic rings. The number of aromatic nitrogens is 4. The van der Waals surface area contributed by atoms with Crippen LogP contribution in [0.5, 0.6) is 0 Å². The number of aryl methyl sites for hydroxylation is 1. The minimum Gasteiger partial charge on any atom is -0.380 e. The molecule has 27 heavy (non-hydrogen) atoms. The number of hydrogen-bond donors (Lipinski definition) is 1. The van der Waals surface area contributed by atoms with Crippen LogP contribution in [0.15, 0.2) is 67.3 Å². The smallest absolute Gasteiger partial charge is 0.0966 e. The lowest BCUT2D eigenvalue weighted by atomic mass is 10.0. The second kappa shape index (κ2) is 6.48. The van der Waals surface area contributed by atoms with Gasteiger partial charge in [-0.15, -0.1) is 0 Å². The monoisotopic (exact) mass is 371 g/mol. The van der Waals surface area contributed by atoms with Crippen molar-refractivity contribution in [2.24, 2.45) is 7.05 Å². The summed E-state index contributed by atoms with van der Waals surface area (Å²) in [5, 5.41) is 4.72. The lowest BCUT2D eigenvalue weighted by molar-refractivity contribution is 0.969. The Labute approximate surface area is 160 Å². The summed E-state index contributed by atoms with van der Waals surface area (Å²) >= 11 is 1.51. The first-order chi connectivity index (χ1) is 13.3. The highest BCUT2D eigenvalue weighted by atomic mass is 32.1. The third-order valence-electron chi connectivity index (χ3n) is 4.73. The lowest BCUT2D eigenvalue weighted by Crippen LogP contribution is -1.99. The van der Waals surface area contributed by atoms with E-state index in [1.165, 1.54) is 27.3 Å². The Morgan fingerprint density at radius 2 is 1.93 bits per heavy atom. The molecule has 5 nitrogen and oxygen atoms in total. The molecule has 0 amide bonds. The van der Waals surface area contributed by atoms with Gasteiger partial charge in [0.15, 0.2) is 0 Å². The molecular weight excluding hydrogens is 354 g/mol. The number of hydrogen-bond acceptors (Lipinski definition) is 5. The molecule has 0 spiro atoms. The van der Waals surface area contributed by atoms with Crippen LogP contribution >= 0.6 is 11.5 Å². The molecule has 0 saturated carbocycles. The van der Waals surface area contributed by atoms with Crippen LogP contribution in [0.3, 0.4) is 0 Å². The van der Waals surface area contributed by atoms with E-state index >= 15 is 0 Å². The van der Waals surface area contributed by atoms with Crippen LogP contribution in [0.25, 0.3) is 33.1 Å². The van der Waals surface area contributed by atoms with Crippen molar-refractivity contribution in [3.8, 4) is 11.1 Å². The fourth-order valence-corrected chi connectivity index (χ4v) is 3.86. The van der Waals surface area contributed by atoms with Gasteiger partial charge in [-0.3, -0.25) is 9.97 Å². The van der Waals surface area contributed by atoms with Crippen LogP contribution in [0.2, 0.25) is 0 Å². The Balaban J connectivity index is 1.63. The molecule has 0 radical (unpaired) electrons. The van der Waals surface area contributed by atoms with Crippen molar-refractivity contribution < 1.29 is 0 Å². The molecule has 132 valence electrons. The van der Waals surface area contributed by atoms with E-state index in [1.807, 2.05) is 18.3 Å². The van der Waals surface area contributed by atoms with E-state index in [4.69, 9.17) is 0 Å². The van der Waals surface area contributed by atoms with Crippen molar-refractivity contribution in [1.82, 2.24) is 18.9 Å². The molecule has 1 N–H and O–H groups in total. The highest BCUT2D eigenvalue weighted by Gasteiger charge is 2.10. The molecule has 0 aliphatic rings. The van der Waals surface area contributed by atoms with Crippen LogP contribution in [0, 0.1) is 0 Å². The fraction of sp³-hybridized carbons (Fsp3) is 0.0952. The van der Waals surface area contributed by atoms with Gasteiger partial charge in [0.2, 0.25) is 0 Å². The number of nitrogens with zero attached hydrogens (tertiary/aromatic N) is 4. The van der Waals surface area contributed by atoms with Crippen LogP contribution in [0.4, 0.5) is 5.69 Å². The van der Waals surface area contributed by atoms with Crippen molar-refractivity contribution in [1.29, 1.82) is 0 Å². The number of nitrogens with one attached hydrogen (secondary N) is 1. The van der Waals surface area contributed by atoms with E-state index in [-0.39, 0.29) is 0 Å². The number of anilines is 1. The van der Waals surface area contributed by atoms with Crippen molar-refractivity contribution in [2.45, 2.75) is 6.54 Å². The van der Waals surface area contributed by atoms with E-state index < -0.39 is 0 Å². The summed E-state index contributed by atoms with van der Waals surface area (Å²) in [4.78, 5) is 10.3. The van der Waals surface area contributed by atoms with Gasteiger partial charge in [-0.05, 0) is 52.8 Å². The van der Waals surface area contributed by atoms with Crippen LogP contribution in [-0.4, -0.2) is 18.9 Å². The first-order valence-corrected chi connectivity index (χ1v) is 9.49. The maximum atomic E-state index is 4.59. The van der Waals surface area contributed by atoms with Crippen molar-refractivity contribution in [3.63, 3.8) is 0 Å². The second-order valence-electron chi connectivity index (χ2n) is 6.48. The summed E-state index contributed by atoms with van der Waals surface area (Å²) in [7, 11) is 2.07. The average Bonchev–Trinajstić information content (AvgIpc) is 3.35. The van der Waals surface area contributed by atoms with Crippen LogP contribution < -0.4 is 5.32 Å². The van der Waals surface area contributed by atoms with Gasteiger partial charge >= 0.3 is 0 Å². The normalized spacial score (nSPS) is 11.3. The Hall–Kier alpha value is -3.25. The minimum atomic E-state index is 0.743. The number of benzene rings is 2. The summed E-state index contributed by atoms with van der Waals surface area (Å²) in [6.45, 7) is 0.743. The molecule has 2 aromatic carbocycles. The third-order valence-corrected chi connectivity index (χ3v) is 5.47. The van der Waals surface area contributed by atoms with Gasteiger partial charge in [-0.2, -0.15) is 0 Å². The Bertz CT molecular complexity index is 1240. The summed E-state index contributed by atoms with van der Waals surface area (Å²) in [5.41, 5.74) is 6.24. The molecule has 0 bridgehead atoms. The maximum Gasteiger partial charge on any atom is 0.0966 e. The summed E-state index contributed by atoms with van der Waals surface area (Å²) in [6.07, 6.45) is 7.39. The van der Waals surface area contributed by atoms with E-state index in [9.17, 15) is 0 Å². The zero-order valence-corrected chi connectivity index (χ0v) is 15.6. The average molecular weight is 371 g/mol. The molecule has 0 unspecified atom stereocenters. The van der Waals surface area contributed by atoms with Gasteiger partial charge in [0.05, 0.1) is 17.6 Å². The first kappa shape index (κ1) is 16.0. The van der Waals surface area contributed by atoms with Gasteiger partial charge in [0.25, 0.3) is 0 Å². The van der Waals surface area contributed by atoms with Crippen molar-refractivity contribution >= 4 is 39.2 Å². The quantitative estimate of drug-likeness (QED) is 0.490. The largest absolute Gasteiger partial charge is 0.380 e. The molecule has 0 aliphatic carbocycles. The molecule has 0 fully saturated rings. The second-order valence-corrected chi connectivity index (χ2v) is 7.40. The zero-order valence-electron chi connectivity index (χ0n) is 14.8. The highest BCUT2D eigenvalue weighted by molar-refractivity contribution is 7.05. The Morgan fingerprint density at radius 3 is 2.81 bits per heavy atom. The number of rotatable bonds is 4. The van der Waals surface area contributed by atoms with Gasteiger partial charge in [-0.25, -0.2) is 4.37 Å². The SMILES string of the molecule is Cn1ccc2ccc(-c3cc(NCc4ccns4)cc4nccnc34)cc21. The predicted molar refractivity (Wildman–Crippen MR) is 111 cm³/mol. The standard InChI is InChI=1S/C21H17N5S/c1-26-9-5-14-2-3-15(10-20(14)26)18-11-16(24-13-17-4-6-25-27-17)12-19-21(18)23-8-7-22-19/h2-12,24H,13H2,1H3. The molecule has 6 heteroatoms. The molecule has 5 rings (SSSR count). The first-order valence-electron chi connectivity index (χ1n) is 8.71. The van der Waals surface area contributed by atoms with E-state index in [0.29, 0.717) is 0 Å². The zero-order chi connectivity index (χ0) is 18.2. The van der Waals surface area contributed by atoms with Crippen molar-refractivity contribution in [3.05, 3.63) is 72.1 Å². The highest BCUT2D eigenvalue weighted by Crippen LogP contribution is 2.32. The van der Waals surface area contributed by atoms with E-state index in [1.54, 1.807) is 12.4 Å². The molecule has 3 aromatic heterocycles. The molecule has 3 heterocycles. The molecular formula is C21H17N5S. The maximum absolute atomic E-state index is 4.59. The molecule has 0 atom stereocenters. The summed E-state index contributed by atoms with van der Waals surface area (Å²) < 4.78 is 6.30. The summed E-state index contributed by atoms with van der Waals surface area (Å²) in [6, 6.07) is 14.9. The number of fused-ring (bicyclic) bond motifs is 2. The third kappa shape index (κ3) is 2.94. The fourth-order valence-electron chi connectivity index (χ4n) is 3.35. The van der Waals surface area contributed by atoms with E-state index in [2.05, 4.69) is 67.8 Å². The Kier molecular flexibility index (Phi) is 3.83. The molecule has 0 saturated heterocycles. The predicted octanol–water partition coefficient (Wildman–Crippen LogP) is 4.86. The minimum absolute atomic E-state index is 0.743. The summed E-state index contributed by atoms with van der Waals surface area (Å²) in [5.74, 6) is 0. The van der Waals surface area contributed by atoms with E-state index in [0.717, 1.165) is 34.4 Å². The van der Waals surface area contributed by atoms with Gasteiger partial charge < -0.3 is 9.88 Å². The Morgan fingerprint density at radius 1 is 1.00 bits per heavy atom. The van der Waals surface area contributed by atoms with Crippen molar-refractivity contribution in [2.75, 3.05) is 5.32 Å². The topological polar surface area (TPSA) is 55.6 Å². The van der Waals surface area contributed by atoms with Gasteiger partial charge in [-0.1, -0.05) is 12.1 Å². The lowest BCUT2D eigenvalue weighted by Gasteiger charge is -2.11. The van der Waals surface area contributed by atoms with Crippen LogP contribution in [0.1, 0.15) is 4.88 Å². The van der Waals surface area contributed by atoms with Crippen LogP contribution in [-0.2, 0) is 13.6 Å². The van der Waals surface area contributed by atoms with Gasteiger partial charge in [0.1, 0.15) is 0 Å².